The van der Waals surface area contributed by atoms with Crippen LogP contribution in [0.4, 0.5) is 5.69 Å². The van der Waals surface area contributed by atoms with Gasteiger partial charge in [0.1, 0.15) is 24.2 Å². The zero-order valence-electron chi connectivity index (χ0n) is 23.6. The molecule has 0 spiro atoms. The van der Waals surface area contributed by atoms with Gasteiger partial charge in [-0.2, -0.15) is 0 Å². The first-order valence-electron chi connectivity index (χ1n) is 14.4. The first-order valence-corrected chi connectivity index (χ1v) is 15.5. The second kappa shape index (κ2) is 11.4. The lowest BCUT2D eigenvalue weighted by Crippen LogP contribution is -2.39. The summed E-state index contributed by atoms with van der Waals surface area (Å²) in [5.74, 6) is 1.53. The number of nitrogens with one attached hydrogen (secondary N) is 2. The predicted molar refractivity (Wildman–Crippen MR) is 157 cm³/mol. The van der Waals surface area contributed by atoms with Crippen LogP contribution < -0.4 is 15.1 Å². The molecule has 2 aromatic carbocycles. The Morgan fingerprint density at radius 3 is 2.63 bits per heavy atom. The van der Waals surface area contributed by atoms with E-state index in [9.17, 15) is 14.3 Å². The highest BCUT2D eigenvalue weighted by Crippen LogP contribution is 2.50. The van der Waals surface area contributed by atoms with E-state index in [1.807, 2.05) is 37.4 Å². The van der Waals surface area contributed by atoms with Gasteiger partial charge in [0.25, 0.3) is 0 Å². The van der Waals surface area contributed by atoms with E-state index in [1.54, 1.807) is 0 Å². The highest BCUT2D eigenvalue weighted by atomic mass is 31.1. The maximum absolute atomic E-state index is 14.2. The van der Waals surface area contributed by atoms with Crippen molar-refractivity contribution in [1.29, 1.82) is 0 Å². The summed E-state index contributed by atoms with van der Waals surface area (Å²) >= 11 is 0. The van der Waals surface area contributed by atoms with Gasteiger partial charge in [0, 0.05) is 47.9 Å². The minimum Gasteiger partial charge on any atom is -0.566 e. The number of aryl methyl sites for hydroxylation is 2. The van der Waals surface area contributed by atoms with Crippen LogP contribution in [0.15, 0.2) is 59.1 Å². The fourth-order valence-corrected chi connectivity index (χ4v) is 6.41. The van der Waals surface area contributed by atoms with Crippen molar-refractivity contribution in [2.75, 3.05) is 24.6 Å². The molecule has 1 aliphatic heterocycles. The van der Waals surface area contributed by atoms with Crippen LogP contribution in [0.5, 0.6) is 0 Å². The molecule has 0 radical (unpaired) electrons. The number of hydrogen-bond acceptors (Lipinski definition) is 6. The summed E-state index contributed by atoms with van der Waals surface area (Å²) < 4.78 is 21.7. The van der Waals surface area contributed by atoms with Crippen LogP contribution in [-0.4, -0.2) is 30.6 Å². The van der Waals surface area contributed by atoms with Gasteiger partial charge in [-0.1, -0.05) is 18.2 Å². The molecule has 214 valence electrons. The second-order valence-electron chi connectivity index (χ2n) is 11.4. The number of fused-ring (bicyclic) bond motifs is 1. The Labute approximate surface area is 241 Å². The fraction of sp³-hybridized carbons (Fsp3) is 0.406. The molecule has 2 aromatic heterocycles. The van der Waals surface area contributed by atoms with Gasteiger partial charge < -0.3 is 24.5 Å². The maximum Gasteiger partial charge on any atom is 0.488 e. The Hall–Kier alpha value is -3.45. The van der Waals surface area contributed by atoms with E-state index in [4.69, 9.17) is 8.94 Å². The molecule has 2 N–H and O–H groups in total. The monoisotopic (exact) mass is 573 g/mol. The number of H-pyrrole nitrogens is 1. The van der Waals surface area contributed by atoms with Crippen molar-refractivity contribution < 1.29 is 23.2 Å². The minimum absolute atomic E-state index is 0.00940. The molecule has 3 heterocycles. The molecule has 1 amide bonds. The minimum atomic E-state index is -2.88. The molecular formula is C32H36N3O5P. The Morgan fingerprint density at radius 2 is 1.93 bits per heavy atom. The number of rotatable bonds is 10. The Kier molecular flexibility index (Phi) is 7.73. The lowest BCUT2D eigenvalue weighted by molar-refractivity contribution is -0.185. The third kappa shape index (κ3) is 5.69. The van der Waals surface area contributed by atoms with Crippen LogP contribution in [-0.2, 0) is 25.7 Å². The van der Waals surface area contributed by atoms with Gasteiger partial charge in [0.2, 0.25) is 5.91 Å². The van der Waals surface area contributed by atoms with Crippen LogP contribution >= 0.6 is 8.25 Å². The van der Waals surface area contributed by atoms with Crippen molar-refractivity contribution in [3.05, 3.63) is 88.5 Å². The van der Waals surface area contributed by atoms with Crippen LogP contribution in [0.3, 0.4) is 0 Å². The van der Waals surface area contributed by atoms with Crippen molar-refractivity contribution in [3.8, 4) is 0 Å². The van der Waals surface area contributed by atoms with Crippen LogP contribution in [0.25, 0.3) is 10.9 Å². The molecule has 0 bridgehead atoms. The molecule has 41 heavy (non-hydrogen) atoms. The average molecular weight is 574 g/mol. The molecule has 1 saturated carbocycles. The van der Waals surface area contributed by atoms with Crippen LogP contribution in [0, 0.1) is 13.8 Å². The number of furan rings is 1. The first-order chi connectivity index (χ1) is 19.8. The number of carbonyl (C=O) groups excluding carboxylic acids is 1. The van der Waals surface area contributed by atoms with Gasteiger partial charge >= 0.3 is 8.25 Å². The smallest absolute Gasteiger partial charge is 0.488 e. The topological polar surface area (TPSA) is 111 Å². The van der Waals surface area contributed by atoms with E-state index in [-0.39, 0.29) is 12.5 Å². The van der Waals surface area contributed by atoms with Gasteiger partial charge in [0.15, 0.2) is 0 Å². The molecule has 2 fully saturated rings. The van der Waals surface area contributed by atoms with Crippen molar-refractivity contribution in [1.82, 2.24) is 10.3 Å². The Morgan fingerprint density at radius 1 is 1.12 bits per heavy atom. The summed E-state index contributed by atoms with van der Waals surface area (Å²) in [6, 6.07) is 16.1. The number of amides is 1. The quantitative estimate of drug-likeness (QED) is 0.229. The number of aromatic nitrogens is 1. The molecule has 6 rings (SSSR count). The third-order valence-corrected chi connectivity index (χ3v) is 8.98. The third-order valence-electron chi connectivity index (χ3n) is 8.59. The number of carbonyl (C=O) groups is 1. The molecule has 2 unspecified atom stereocenters. The number of benzene rings is 2. The highest BCUT2D eigenvalue weighted by molar-refractivity contribution is 7.30. The molecule has 9 heteroatoms. The van der Waals surface area contributed by atoms with Gasteiger partial charge in [0.05, 0.1) is 5.41 Å². The SMILES string of the molecule is Cc1ccc(C(NC(=O)C2(c3ccc4[nH]cc(CCO[P+](=O)[O-])c4c3)CC2)c2ccc(C)o2)c(N2CCCCC2)c1. The normalized spacial score (nSPS) is 17.4. The molecule has 1 aliphatic carbocycles. The number of nitrogens with zero attached hydrogens (tertiary/aromatic N) is 1. The number of hydrogen-bond donors (Lipinski definition) is 2. The van der Waals surface area contributed by atoms with E-state index in [2.05, 4.69) is 46.4 Å². The summed E-state index contributed by atoms with van der Waals surface area (Å²) in [6.07, 6.45) is 7.44. The largest absolute Gasteiger partial charge is 0.566 e. The Balaban J connectivity index is 1.32. The lowest BCUT2D eigenvalue weighted by Gasteiger charge is -2.33. The summed E-state index contributed by atoms with van der Waals surface area (Å²) in [4.78, 5) is 30.7. The van der Waals surface area contributed by atoms with E-state index >= 15 is 0 Å². The number of piperidine rings is 1. The average Bonchev–Trinajstić information content (AvgIpc) is 3.53. The zero-order chi connectivity index (χ0) is 28.6. The van der Waals surface area contributed by atoms with Crippen molar-refractivity contribution in [2.24, 2.45) is 0 Å². The summed E-state index contributed by atoms with van der Waals surface area (Å²) in [5.41, 5.74) is 5.66. The van der Waals surface area contributed by atoms with Gasteiger partial charge in [-0.3, -0.25) is 4.79 Å². The maximum atomic E-state index is 14.2. The first kappa shape index (κ1) is 27.7. The van der Waals surface area contributed by atoms with E-state index in [0.29, 0.717) is 6.42 Å². The van der Waals surface area contributed by atoms with Gasteiger partial charge in [-0.25, -0.2) is 0 Å². The fourth-order valence-electron chi connectivity index (χ4n) is 6.17. The molecule has 2 aliphatic rings. The zero-order valence-corrected chi connectivity index (χ0v) is 24.5. The van der Waals surface area contributed by atoms with E-state index in [1.165, 1.54) is 24.8 Å². The van der Waals surface area contributed by atoms with Gasteiger partial charge in [-0.15, -0.1) is 4.52 Å². The summed E-state index contributed by atoms with van der Waals surface area (Å²) in [5, 5.41) is 4.39. The van der Waals surface area contributed by atoms with Gasteiger partial charge in [-0.05, 0) is 97.5 Å². The van der Waals surface area contributed by atoms with Crippen LogP contribution in [0.2, 0.25) is 0 Å². The highest BCUT2D eigenvalue weighted by Gasteiger charge is 2.52. The van der Waals surface area contributed by atoms with Crippen LogP contribution in [0.1, 0.15) is 71.9 Å². The molecule has 1 saturated heterocycles. The molecule has 4 aromatic rings. The lowest BCUT2D eigenvalue weighted by atomic mass is 9.91. The Bertz CT molecular complexity index is 1580. The summed E-state index contributed by atoms with van der Waals surface area (Å²) in [6.45, 7) is 6.14. The number of aromatic amines is 1. The van der Waals surface area contributed by atoms with E-state index < -0.39 is 19.7 Å². The predicted octanol–water partition coefficient (Wildman–Crippen LogP) is 5.88. The molecule has 2 atom stereocenters. The molecule has 8 nitrogen and oxygen atoms in total. The van der Waals surface area contributed by atoms with Crippen molar-refractivity contribution in [3.63, 3.8) is 0 Å². The molecular weight excluding hydrogens is 537 g/mol. The van der Waals surface area contributed by atoms with Crippen molar-refractivity contribution >= 4 is 30.8 Å². The van der Waals surface area contributed by atoms with Crippen molar-refractivity contribution in [2.45, 2.75) is 63.8 Å². The number of anilines is 1. The summed E-state index contributed by atoms with van der Waals surface area (Å²) in [7, 11) is -2.88. The van der Waals surface area contributed by atoms with E-state index in [0.717, 1.165) is 70.7 Å². The standard InChI is InChI=1S/C32H36N3O5P/c1-21-6-9-25(28(18-21)35-15-4-3-5-16-35)30(29-11-7-22(2)40-29)34-31(36)32(13-14-32)24-8-10-27-26(19-24)23(20-33-27)12-17-39-41(37)38/h6-11,18-20,30,33H,3-5,12-17H2,1-2H3,(H,34,36). The second-order valence-corrected chi connectivity index (χ2v) is 12.1.